The van der Waals surface area contributed by atoms with Crippen molar-refractivity contribution in [1.29, 1.82) is 0 Å². The van der Waals surface area contributed by atoms with Gasteiger partial charge in [-0.05, 0) is 30.7 Å². The van der Waals surface area contributed by atoms with Crippen LogP contribution < -0.4 is 10.0 Å². The molecule has 0 atom stereocenters. The summed E-state index contributed by atoms with van der Waals surface area (Å²) in [5.41, 5.74) is 0.415. The smallest absolute Gasteiger partial charge is 0.272 e. The number of morpholine rings is 1. The van der Waals surface area contributed by atoms with Gasteiger partial charge in [-0.25, -0.2) is 21.6 Å². The van der Waals surface area contributed by atoms with Crippen molar-refractivity contribution >= 4 is 31.6 Å². The largest absolute Gasteiger partial charge is 0.379 e. The van der Waals surface area contributed by atoms with E-state index >= 15 is 0 Å². The number of anilines is 1. The molecule has 1 aromatic heterocycles. The third-order valence-corrected chi connectivity index (χ3v) is 8.37. The average Bonchev–Trinajstić information content (AvgIpc) is 3.17. The second-order valence-corrected chi connectivity index (χ2v) is 11.1. The van der Waals surface area contributed by atoms with E-state index in [2.05, 4.69) is 10.0 Å². The molecule has 1 amide bonds. The van der Waals surface area contributed by atoms with Crippen LogP contribution in [0, 0.1) is 0 Å². The lowest BCUT2D eigenvalue weighted by molar-refractivity contribution is 0.0730. The van der Waals surface area contributed by atoms with E-state index in [-0.39, 0.29) is 34.3 Å². The normalized spacial score (nSPS) is 15.6. The van der Waals surface area contributed by atoms with Crippen molar-refractivity contribution in [3.05, 3.63) is 42.2 Å². The molecule has 0 bridgehead atoms. The van der Waals surface area contributed by atoms with Crippen LogP contribution in [0.5, 0.6) is 0 Å². The Morgan fingerprint density at radius 1 is 1.09 bits per heavy atom. The SMILES string of the molecule is CCCCNS(=O)(=O)c1cccc(NC(=O)c2cc(S(=O)(=O)N3CCOCC3)cn2C)c1. The Labute approximate surface area is 188 Å². The Balaban J connectivity index is 1.77. The van der Waals surface area contributed by atoms with Gasteiger partial charge in [-0.15, -0.1) is 0 Å². The fraction of sp³-hybridized carbons (Fsp3) is 0.450. The van der Waals surface area contributed by atoms with E-state index in [1.165, 1.54) is 39.3 Å². The lowest BCUT2D eigenvalue weighted by atomic mass is 10.3. The molecular weight excluding hydrogens is 456 g/mol. The highest BCUT2D eigenvalue weighted by molar-refractivity contribution is 7.89. The summed E-state index contributed by atoms with van der Waals surface area (Å²) >= 11 is 0. The van der Waals surface area contributed by atoms with E-state index in [4.69, 9.17) is 4.74 Å². The summed E-state index contributed by atoms with van der Waals surface area (Å²) in [6, 6.07) is 7.22. The third-order valence-electron chi connectivity index (χ3n) is 5.04. The molecule has 2 heterocycles. The zero-order valence-corrected chi connectivity index (χ0v) is 19.7. The predicted octanol–water partition coefficient (Wildman–Crippen LogP) is 1.38. The Morgan fingerprint density at radius 2 is 1.81 bits per heavy atom. The summed E-state index contributed by atoms with van der Waals surface area (Å²) in [6.45, 7) is 3.46. The number of rotatable bonds is 9. The number of hydrogen-bond acceptors (Lipinski definition) is 6. The maximum Gasteiger partial charge on any atom is 0.272 e. The van der Waals surface area contributed by atoms with E-state index < -0.39 is 26.0 Å². The standard InChI is InChI=1S/C20H28N4O6S2/c1-3-4-8-21-31(26,27)17-7-5-6-16(13-17)22-20(25)19-14-18(15-23(19)2)32(28,29)24-9-11-30-12-10-24/h5-7,13-15,21H,3-4,8-12H2,1-2H3,(H,22,25). The van der Waals surface area contributed by atoms with Crippen molar-refractivity contribution in [2.75, 3.05) is 38.2 Å². The first-order valence-corrected chi connectivity index (χ1v) is 13.2. The molecule has 1 aliphatic heterocycles. The quantitative estimate of drug-likeness (QED) is 0.518. The summed E-state index contributed by atoms with van der Waals surface area (Å²) in [5, 5.41) is 2.64. The second-order valence-electron chi connectivity index (χ2n) is 7.42. The minimum atomic E-state index is -3.74. The summed E-state index contributed by atoms with van der Waals surface area (Å²) in [6.07, 6.45) is 2.97. The minimum Gasteiger partial charge on any atom is -0.379 e. The Kier molecular flexibility index (Phi) is 7.72. The number of aryl methyl sites for hydroxylation is 1. The van der Waals surface area contributed by atoms with Crippen molar-refractivity contribution in [3.63, 3.8) is 0 Å². The Hall–Kier alpha value is -2.25. The number of carbonyl (C=O) groups is 1. The molecule has 1 fully saturated rings. The first kappa shape index (κ1) is 24.4. The molecule has 0 unspecified atom stereocenters. The first-order valence-electron chi connectivity index (χ1n) is 10.3. The van der Waals surface area contributed by atoms with Crippen LogP contribution in [0.15, 0.2) is 46.3 Å². The molecule has 2 aromatic rings. The van der Waals surface area contributed by atoms with Gasteiger partial charge in [0.25, 0.3) is 5.91 Å². The molecule has 1 saturated heterocycles. The van der Waals surface area contributed by atoms with Crippen LogP contribution in [0.4, 0.5) is 5.69 Å². The molecule has 1 aliphatic rings. The zero-order chi connectivity index (χ0) is 23.4. The highest BCUT2D eigenvalue weighted by Gasteiger charge is 2.29. The summed E-state index contributed by atoms with van der Waals surface area (Å²) in [5.74, 6) is -0.551. The number of unbranched alkanes of at least 4 members (excludes halogenated alkanes) is 1. The molecule has 12 heteroatoms. The van der Waals surface area contributed by atoms with Crippen LogP contribution in [-0.4, -0.2) is 64.5 Å². The number of amides is 1. The van der Waals surface area contributed by atoms with Crippen molar-refractivity contribution < 1.29 is 26.4 Å². The highest BCUT2D eigenvalue weighted by atomic mass is 32.2. The van der Waals surface area contributed by atoms with Crippen molar-refractivity contribution in [1.82, 2.24) is 13.6 Å². The monoisotopic (exact) mass is 484 g/mol. The molecule has 0 spiro atoms. The number of nitrogens with one attached hydrogen (secondary N) is 2. The van der Waals surface area contributed by atoms with Crippen LogP contribution >= 0.6 is 0 Å². The lowest BCUT2D eigenvalue weighted by Crippen LogP contribution is -2.40. The molecule has 32 heavy (non-hydrogen) atoms. The van der Waals surface area contributed by atoms with E-state index in [0.717, 1.165) is 12.8 Å². The number of hydrogen-bond donors (Lipinski definition) is 2. The number of benzene rings is 1. The van der Waals surface area contributed by atoms with Crippen molar-refractivity contribution in [2.45, 2.75) is 29.6 Å². The number of sulfonamides is 2. The van der Waals surface area contributed by atoms with Crippen molar-refractivity contribution in [3.8, 4) is 0 Å². The van der Waals surface area contributed by atoms with Gasteiger partial charge in [-0.1, -0.05) is 19.4 Å². The topological polar surface area (TPSA) is 127 Å². The maximum absolute atomic E-state index is 12.8. The van der Waals surface area contributed by atoms with Gasteiger partial charge in [0.15, 0.2) is 0 Å². The highest BCUT2D eigenvalue weighted by Crippen LogP contribution is 2.21. The van der Waals surface area contributed by atoms with Gasteiger partial charge in [-0.2, -0.15) is 4.31 Å². The van der Waals surface area contributed by atoms with Gasteiger partial charge in [0.1, 0.15) is 10.6 Å². The molecule has 0 radical (unpaired) electrons. The number of ether oxygens (including phenoxy) is 1. The number of aromatic nitrogens is 1. The first-order chi connectivity index (χ1) is 15.1. The molecule has 0 aliphatic carbocycles. The Bertz CT molecular complexity index is 1170. The number of nitrogens with zero attached hydrogens (tertiary/aromatic N) is 2. The molecule has 3 rings (SSSR count). The fourth-order valence-corrected chi connectivity index (χ4v) is 5.84. The summed E-state index contributed by atoms with van der Waals surface area (Å²) in [4.78, 5) is 12.9. The maximum atomic E-state index is 12.8. The van der Waals surface area contributed by atoms with Gasteiger partial charge in [0.2, 0.25) is 20.0 Å². The third kappa shape index (κ3) is 5.56. The minimum absolute atomic E-state index is 0.0171. The zero-order valence-electron chi connectivity index (χ0n) is 18.1. The molecular formula is C20H28N4O6S2. The van der Waals surface area contributed by atoms with Gasteiger partial charge in [0.05, 0.1) is 18.1 Å². The van der Waals surface area contributed by atoms with Gasteiger partial charge in [0, 0.05) is 38.6 Å². The van der Waals surface area contributed by atoms with E-state index in [9.17, 15) is 21.6 Å². The molecule has 1 aromatic carbocycles. The molecule has 2 N–H and O–H groups in total. The fourth-order valence-electron chi connectivity index (χ4n) is 3.24. The lowest BCUT2D eigenvalue weighted by Gasteiger charge is -2.25. The summed E-state index contributed by atoms with van der Waals surface area (Å²) < 4.78 is 61.0. The van der Waals surface area contributed by atoms with Crippen molar-refractivity contribution in [2.24, 2.45) is 7.05 Å². The molecule has 176 valence electrons. The van der Waals surface area contributed by atoms with Crippen LogP contribution in [0.2, 0.25) is 0 Å². The summed E-state index contributed by atoms with van der Waals surface area (Å²) in [7, 11) is -5.86. The van der Waals surface area contributed by atoms with E-state index in [1.54, 1.807) is 13.1 Å². The molecule has 0 saturated carbocycles. The van der Waals surface area contributed by atoms with Crippen LogP contribution in [0.25, 0.3) is 0 Å². The average molecular weight is 485 g/mol. The van der Waals surface area contributed by atoms with Crippen LogP contribution in [0.3, 0.4) is 0 Å². The molecule has 10 nitrogen and oxygen atoms in total. The Morgan fingerprint density at radius 3 is 2.50 bits per heavy atom. The van der Waals surface area contributed by atoms with Gasteiger partial charge >= 0.3 is 0 Å². The second kappa shape index (κ2) is 10.1. The predicted molar refractivity (Wildman–Crippen MR) is 119 cm³/mol. The van der Waals surface area contributed by atoms with Gasteiger partial charge in [-0.3, -0.25) is 4.79 Å². The van der Waals surface area contributed by atoms with E-state index in [1.807, 2.05) is 6.92 Å². The van der Waals surface area contributed by atoms with Gasteiger partial charge < -0.3 is 14.6 Å². The van der Waals surface area contributed by atoms with Crippen LogP contribution in [0.1, 0.15) is 30.3 Å². The van der Waals surface area contributed by atoms with E-state index in [0.29, 0.717) is 19.8 Å². The van der Waals surface area contributed by atoms with Crippen LogP contribution in [-0.2, 0) is 31.8 Å². The number of carbonyl (C=O) groups excluding carboxylic acids is 1.